The van der Waals surface area contributed by atoms with Crippen LogP contribution in [0.2, 0.25) is 0 Å². The summed E-state index contributed by atoms with van der Waals surface area (Å²) in [5.41, 5.74) is 0. The van der Waals surface area contributed by atoms with Gasteiger partial charge in [0.05, 0.1) is 4.88 Å². The van der Waals surface area contributed by atoms with Crippen molar-refractivity contribution in [1.82, 2.24) is 5.32 Å². The van der Waals surface area contributed by atoms with Gasteiger partial charge in [0.25, 0.3) is 5.91 Å². The minimum Gasteiger partial charge on any atom is -0.350 e. The molecule has 0 unspecified atom stereocenters. The molecule has 0 saturated carbocycles. The highest BCUT2D eigenvalue weighted by Gasteiger charge is 2.05. The van der Waals surface area contributed by atoms with Gasteiger partial charge < -0.3 is 5.32 Å². The maximum atomic E-state index is 11.5. The van der Waals surface area contributed by atoms with Crippen LogP contribution in [0.5, 0.6) is 0 Å². The van der Waals surface area contributed by atoms with Gasteiger partial charge in [0.1, 0.15) is 0 Å². The highest BCUT2D eigenvalue weighted by Crippen LogP contribution is 2.14. The quantitative estimate of drug-likeness (QED) is 0.597. The molecule has 1 amide bonds. The molecule has 0 saturated heterocycles. The molecule has 0 aliphatic heterocycles. The van der Waals surface area contributed by atoms with Crippen molar-refractivity contribution in [2.24, 2.45) is 0 Å². The molecule has 0 aliphatic rings. The Hall–Kier alpha value is -1.27. The first-order valence-electron chi connectivity index (χ1n) is 4.48. The standard InChI is InChI=1S/C11H13NOS/c1-3-4-5-8-12-11(13)10-7-6-9(2)14-10/h6-7H,5,8H2,1-2H3,(H,12,13). The van der Waals surface area contributed by atoms with E-state index in [9.17, 15) is 4.79 Å². The van der Waals surface area contributed by atoms with Gasteiger partial charge in [-0.15, -0.1) is 23.2 Å². The zero-order chi connectivity index (χ0) is 10.4. The lowest BCUT2D eigenvalue weighted by Crippen LogP contribution is -2.23. The van der Waals surface area contributed by atoms with Crippen LogP contribution in [0.3, 0.4) is 0 Å². The van der Waals surface area contributed by atoms with Crippen LogP contribution in [-0.4, -0.2) is 12.5 Å². The van der Waals surface area contributed by atoms with Crippen molar-refractivity contribution in [1.29, 1.82) is 0 Å². The molecule has 0 atom stereocenters. The van der Waals surface area contributed by atoms with Crippen LogP contribution in [0, 0.1) is 18.8 Å². The van der Waals surface area contributed by atoms with Gasteiger partial charge in [-0.2, -0.15) is 0 Å². The molecule has 1 heterocycles. The Labute approximate surface area is 88.3 Å². The van der Waals surface area contributed by atoms with Crippen LogP contribution in [0.25, 0.3) is 0 Å². The number of carbonyl (C=O) groups excluding carboxylic acids is 1. The fraction of sp³-hybridized carbons (Fsp3) is 0.364. The summed E-state index contributed by atoms with van der Waals surface area (Å²) in [4.78, 5) is 13.4. The van der Waals surface area contributed by atoms with E-state index in [4.69, 9.17) is 0 Å². The first kappa shape index (κ1) is 10.8. The first-order chi connectivity index (χ1) is 6.74. The monoisotopic (exact) mass is 207 g/mol. The molecule has 2 nitrogen and oxygen atoms in total. The summed E-state index contributed by atoms with van der Waals surface area (Å²) in [5, 5.41) is 2.82. The van der Waals surface area contributed by atoms with E-state index in [0.717, 1.165) is 9.75 Å². The summed E-state index contributed by atoms with van der Waals surface area (Å²) >= 11 is 1.51. The lowest BCUT2D eigenvalue weighted by atomic mass is 10.4. The highest BCUT2D eigenvalue weighted by atomic mass is 32.1. The van der Waals surface area contributed by atoms with E-state index in [1.54, 1.807) is 6.92 Å². The van der Waals surface area contributed by atoms with Crippen molar-refractivity contribution in [3.8, 4) is 11.8 Å². The maximum Gasteiger partial charge on any atom is 0.261 e. The van der Waals surface area contributed by atoms with Crippen molar-refractivity contribution in [3.05, 3.63) is 21.9 Å². The zero-order valence-electron chi connectivity index (χ0n) is 8.39. The molecule has 1 aromatic rings. The highest BCUT2D eigenvalue weighted by molar-refractivity contribution is 7.13. The molecule has 1 aromatic heterocycles. The predicted molar refractivity (Wildman–Crippen MR) is 59.5 cm³/mol. The summed E-state index contributed by atoms with van der Waals surface area (Å²) in [6, 6.07) is 3.80. The molecule has 0 radical (unpaired) electrons. The Kier molecular flexibility index (Phi) is 4.21. The van der Waals surface area contributed by atoms with Gasteiger partial charge in [0, 0.05) is 17.8 Å². The number of hydrogen-bond acceptors (Lipinski definition) is 2. The third-order valence-electron chi connectivity index (χ3n) is 1.68. The molecular formula is C11H13NOS. The van der Waals surface area contributed by atoms with Crippen LogP contribution in [0.4, 0.5) is 0 Å². The summed E-state index contributed by atoms with van der Waals surface area (Å²) < 4.78 is 0. The summed E-state index contributed by atoms with van der Waals surface area (Å²) in [7, 11) is 0. The van der Waals surface area contributed by atoms with Crippen LogP contribution >= 0.6 is 11.3 Å². The number of hydrogen-bond donors (Lipinski definition) is 1. The van der Waals surface area contributed by atoms with Crippen molar-refractivity contribution in [3.63, 3.8) is 0 Å². The second-order valence-electron chi connectivity index (χ2n) is 2.84. The van der Waals surface area contributed by atoms with Gasteiger partial charge in [-0.25, -0.2) is 0 Å². The van der Waals surface area contributed by atoms with Gasteiger partial charge in [-0.1, -0.05) is 0 Å². The van der Waals surface area contributed by atoms with Crippen LogP contribution in [0.1, 0.15) is 27.9 Å². The smallest absolute Gasteiger partial charge is 0.261 e. The van der Waals surface area contributed by atoms with E-state index in [1.165, 1.54) is 11.3 Å². The van der Waals surface area contributed by atoms with Crippen molar-refractivity contribution >= 4 is 17.2 Å². The average molecular weight is 207 g/mol. The van der Waals surface area contributed by atoms with Crippen LogP contribution in [0.15, 0.2) is 12.1 Å². The molecule has 0 aromatic carbocycles. The summed E-state index contributed by atoms with van der Waals surface area (Å²) in [6.45, 7) is 4.41. The van der Waals surface area contributed by atoms with Gasteiger partial charge in [-0.3, -0.25) is 4.79 Å². The lowest BCUT2D eigenvalue weighted by Gasteiger charge is -1.98. The van der Waals surface area contributed by atoms with Gasteiger partial charge in [0.2, 0.25) is 0 Å². The number of thiophene rings is 1. The van der Waals surface area contributed by atoms with Crippen molar-refractivity contribution in [2.45, 2.75) is 20.3 Å². The third-order valence-corrected chi connectivity index (χ3v) is 2.68. The zero-order valence-corrected chi connectivity index (χ0v) is 9.20. The molecule has 0 fully saturated rings. The van der Waals surface area contributed by atoms with E-state index in [2.05, 4.69) is 17.2 Å². The molecule has 3 heteroatoms. The SMILES string of the molecule is CC#CCCNC(=O)c1ccc(C)s1. The number of aryl methyl sites for hydroxylation is 1. The van der Waals surface area contributed by atoms with Gasteiger partial charge >= 0.3 is 0 Å². The number of carbonyl (C=O) groups is 1. The van der Waals surface area contributed by atoms with Gasteiger partial charge in [-0.05, 0) is 26.0 Å². The molecule has 1 rings (SSSR count). The minimum absolute atomic E-state index is 0.000929. The maximum absolute atomic E-state index is 11.5. The first-order valence-corrected chi connectivity index (χ1v) is 5.30. The fourth-order valence-corrected chi connectivity index (χ4v) is 1.79. The Morgan fingerprint density at radius 1 is 1.57 bits per heavy atom. The average Bonchev–Trinajstić information content (AvgIpc) is 2.59. The van der Waals surface area contributed by atoms with Crippen LogP contribution in [-0.2, 0) is 0 Å². The van der Waals surface area contributed by atoms with Gasteiger partial charge in [0.15, 0.2) is 0 Å². The molecule has 0 bridgehead atoms. The van der Waals surface area contributed by atoms with Crippen LogP contribution < -0.4 is 5.32 Å². The Morgan fingerprint density at radius 3 is 2.93 bits per heavy atom. The van der Waals surface area contributed by atoms with Crippen molar-refractivity contribution in [2.75, 3.05) is 6.54 Å². The lowest BCUT2D eigenvalue weighted by molar-refractivity contribution is 0.0958. The molecule has 74 valence electrons. The minimum atomic E-state index is 0.000929. The molecule has 0 spiro atoms. The molecule has 14 heavy (non-hydrogen) atoms. The molecular weight excluding hydrogens is 194 g/mol. The third kappa shape index (κ3) is 3.23. The van der Waals surface area contributed by atoms with E-state index in [-0.39, 0.29) is 5.91 Å². The fourth-order valence-electron chi connectivity index (χ4n) is 1.01. The van der Waals surface area contributed by atoms with E-state index < -0.39 is 0 Å². The van der Waals surface area contributed by atoms with E-state index >= 15 is 0 Å². The summed E-state index contributed by atoms with van der Waals surface area (Å²) in [6.07, 6.45) is 0.715. The Balaban J connectivity index is 2.38. The second kappa shape index (κ2) is 5.46. The number of rotatable bonds is 3. The van der Waals surface area contributed by atoms with E-state index in [1.807, 2.05) is 19.1 Å². The Bertz CT molecular complexity index is 370. The number of nitrogens with one attached hydrogen (secondary N) is 1. The van der Waals surface area contributed by atoms with Crippen molar-refractivity contribution < 1.29 is 4.79 Å². The second-order valence-corrected chi connectivity index (χ2v) is 4.13. The van der Waals surface area contributed by atoms with E-state index in [0.29, 0.717) is 13.0 Å². The predicted octanol–water partition coefficient (Wildman–Crippen LogP) is 2.20. The molecule has 0 aliphatic carbocycles. The Morgan fingerprint density at radius 2 is 2.36 bits per heavy atom. The summed E-state index contributed by atoms with van der Waals surface area (Å²) in [5.74, 6) is 5.69. The molecule has 1 N–H and O–H groups in total. The number of amides is 1. The topological polar surface area (TPSA) is 29.1 Å². The normalized spacial score (nSPS) is 9.00. The largest absolute Gasteiger partial charge is 0.350 e.